The Hall–Kier alpha value is -0.940. The minimum Gasteiger partial charge on any atom is -0.383 e. The Labute approximate surface area is 116 Å². The molecule has 1 rings (SSSR count). The van der Waals surface area contributed by atoms with E-state index in [2.05, 4.69) is 42.5 Å². The van der Waals surface area contributed by atoms with Gasteiger partial charge in [-0.25, -0.2) is 0 Å². The zero-order valence-electron chi connectivity index (χ0n) is 12.9. The minimum absolute atomic E-state index is 0.341. The van der Waals surface area contributed by atoms with Gasteiger partial charge in [-0.05, 0) is 17.8 Å². The molecule has 0 aromatic carbocycles. The molecule has 5 heteroatoms. The number of methoxy groups -OCH3 is 1. The van der Waals surface area contributed by atoms with Crippen LogP contribution in [0, 0.1) is 11.3 Å². The molecule has 0 aliphatic carbocycles. The van der Waals surface area contributed by atoms with E-state index >= 15 is 0 Å². The summed E-state index contributed by atoms with van der Waals surface area (Å²) in [4.78, 5) is 0. The van der Waals surface area contributed by atoms with Crippen LogP contribution in [0.3, 0.4) is 0 Å². The van der Waals surface area contributed by atoms with Gasteiger partial charge in [0, 0.05) is 20.1 Å². The third-order valence-corrected chi connectivity index (χ3v) is 3.10. The van der Waals surface area contributed by atoms with Crippen molar-refractivity contribution < 1.29 is 4.74 Å². The predicted molar refractivity (Wildman–Crippen MR) is 76.7 cm³/mol. The maximum Gasteiger partial charge on any atom is 0.146 e. The summed E-state index contributed by atoms with van der Waals surface area (Å²) in [5.41, 5.74) is 6.04. The van der Waals surface area contributed by atoms with Crippen LogP contribution >= 0.6 is 0 Å². The van der Waals surface area contributed by atoms with Crippen molar-refractivity contribution in [2.24, 2.45) is 17.1 Å². The molecule has 0 aliphatic heterocycles. The number of hydrogen-bond acceptors (Lipinski definition) is 4. The van der Waals surface area contributed by atoms with Gasteiger partial charge in [0.1, 0.15) is 11.6 Å². The van der Waals surface area contributed by atoms with E-state index in [-0.39, 0.29) is 0 Å². The Morgan fingerprint density at radius 3 is 2.42 bits per heavy atom. The van der Waals surface area contributed by atoms with Crippen LogP contribution < -0.4 is 5.73 Å². The maximum atomic E-state index is 5.70. The molecule has 5 nitrogen and oxygen atoms in total. The van der Waals surface area contributed by atoms with Crippen molar-refractivity contribution in [2.45, 2.75) is 53.6 Å². The molecule has 0 aliphatic rings. The van der Waals surface area contributed by atoms with Gasteiger partial charge in [0.25, 0.3) is 0 Å². The van der Waals surface area contributed by atoms with Gasteiger partial charge in [0.2, 0.25) is 0 Å². The monoisotopic (exact) mass is 268 g/mol. The first kappa shape index (κ1) is 16.1. The van der Waals surface area contributed by atoms with Crippen molar-refractivity contribution in [3.8, 4) is 0 Å². The topological polar surface area (TPSA) is 66.0 Å². The van der Waals surface area contributed by atoms with Crippen LogP contribution in [0.4, 0.5) is 0 Å². The van der Waals surface area contributed by atoms with E-state index in [1.807, 2.05) is 0 Å². The Kier molecular flexibility index (Phi) is 5.94. The molecule has 0 saturated heterocycles. The summed E-state index contributed by atoms with van der Waals surface area (Å²) >= 11 is 0. The lowest BCUT2D eigenvalue weighted by Crippen LogP contribution is -2.18. The molecule has 1 aromatic heterocycles. The van der Waals surface area contributed by atoms with E-state index in [0.717, 1.165) is 24.6 Å². The lowest BCUT2D eigenvalue weighted by Gasteiger charge is -2.23. The van der Waals surface area contributed by atoms with Gasteiger partial charge in [-0.3, -0.25) is 0 Å². The minimum atomic E-state index is 0.341. The zero-order chi connectivity index (χ0) is 14.5. The predicted octanol–water partition coefficient (Wildman–Crippen LogP) is 2.00. The molecule has 2 N–H and O–H groups in total. The second kappa shape index (κ2) is 7.01. The maximum absolute atomic E-state index is 5.70. The van der Waals surface area contributed by atoms with Crippen LogP contribution in [0.2, 0.25) is 0 Å². The molecule has 0 amide bonds. The Balaban J connectivity index is 2.74. The second-order valence-corrected chi connectivity index (χ2v) is 6.46. The molecule has 1 heterocycles. The van der Waals surface area contributed by atoms with Gasteiger partial charge in [-0.15, -0.1) is 10.2 Å². The molecule has 0 spiro atoms. The molecule has 110 valence electrons. The number of nitrogens with zero attached hydrogens (tertiary/aromatic N) is 3. The fraction of sp³-hybridized carbons (Fsp3) is 0.857. The van der Waals surface area contributed by atoms with Crippen molar-refractivity contribution >= 4 is 0 Å². The molecule has 19 heavy (non-hydrogen) atoms. The lowest BCUT2D eigenvalue weighted by molar-refractivity contribution is 0.184. The summed E-state index contributed by atoms with van der Waals surface area (Å²) in [7, 11) is 1.70. The average Bonchev–Trinajstić information content (AvgIpc) is 2.66. The summed E-state index contributed by atoms with van der Waals surface area (Å²) in [5.74, 6) is 2.44. The van der Waals surface area contributed by atoms with Gasteiger partial charge in [-0.2, -0.15) is 0 Å². The Morgan fingerprint density at radius 1 is 1.26 bits per heavy atom. The highest BCUT2D eigenvalue weighted by Crippen LogP contribution is 2.26. The molecular formula is C14H28N4O. The SMILES string of the molecule is COCCn1c(CN)nnc1CC(C)CC(C)(C)C. The lowest BCUT2D eigenvalue weighted by atomic mass is 9.84. The van der Waals surface area contributed by atoms with E-state index in [1.165, 1.54) is 6.42 Å². The van der Waals surface area contributed by atoms with E-state index in [9.17, 15) is 0 Å². The summed E-state index contributed by atoms with van der Waals surface area (Å²) in [6, 6.07) is 0. The Morgan fingerprint density at radius 2 is 1.89 bits per heavy atom. The summed E-state index contributed by atoms with van der Waals surface area (Å²) in [6.07, 6.45) is 2.11. The van der Waals surface area contributed by atoms with Crippen LogP contribution in [0.25, 0.3) is 0 Å². The highest BCUT2D eigenvalue weighted by molar-refractivity contribution is 4.97. The van der Waals surface area contributed by atoms with Gasteiger partial charge in [0.15, 0.2) is 0 Å². The number of ether oxygens (including phenoxy) is 1. The fourth-order valence-electron chi connectivity index (χ4n) is 2.54. The average molecular weight is 268 g/mol. The highest BCUT2D eigenvalue weighted by Gasteiger charge is 2.19. The normalized spacial score (nSPS) is 13.8. The van der Waals surface area contributed by atoms with Crippen molar-refractivity contribution in [2.75, 3.05) is 13.7 Å². The zero-order valence-corrected chi connectivity index (χ0v) is 12.9. The largest absolute Gasteiger partial charge is 0.383 e. The van der Waals surface area contributed by atoms with Crippen molar-refractivity contribution in [1.82, 2.24) is 14.8 Å². The molecule has 0 fully saturated rings. The summed E-state index contributed by atoms with van der Waals surface area (Å²) < 4.78 is 7.24. The highest BCUT2D eigenvalue weighted by atomic mass is 16.5. The van der Waals surface area contributed by atoms with Gasteiger partial charge in [-0.1, -0.05) is 27.7 Å². The van der Waals surface area contributed by atoms with Crippen LogP contribution in [0.15, 0.2) is 0 Å². The van der Waals surface area contributed by atoms with Crippen molar-refractivity contribution in [1.29, 1.82) is 0 Å². The third kappa shape index (κ3) is 5.28. The van der Waals surface area contributed by atoms with Gasteiger partial charge < -0.3 is 15.0 Å². The van der Waals surface area contributed by atoms with Gasteiger partial charge in [0.05, 0.1) is 13.2 Å². The molecule has 0 bridgehead atoms. The van der Waals surface area contributed by atoms with Crippen LogP contribution in [-0.2, 0) is 24.2 Å². The first-order chi connectivity index (χ1) is 8.87. The van der Waals surface area contributed by atoms with E-state index in [1.54, 1.807) is 7.11 Å². The molecule has 0 radical (unpaired) electrons. The first-order valence-electron chi connectivity index (χ1n) is 6.97. The van der Waals surface area contributed by atoms with Crippen LogP contribution in [0.5, 0.6) is 0 Å². The first-order valence-corrected chi connectivity index (χ1v) is 6.97. The van der Waals surface area contributed by atoms with Crippen LogP contribution in [-0.4, -0.2) is 28.5 Å². The van der Waals surface area contributed by atoms with Crippen LogP contribution in [0.1, 0.15) is 45.8 Å². The molecule has 1 atom stereocenters. The number of rotatable bonds is 7. The van der Waals surface area contributed by atoms with Gasteiger partial charge >= 0.3 is 0 Å². The third-order valence-electron chi connectivity index (χ3n) is 3.10. The number of nitrogens with two attached hydrogens (primary N) is 1. The molecule has 0 saturated carbocycles. The standard InChI is InChI=1S/C14H28N4O/c1-11(9-14(2,3)4)8-12-16-17-13(10-15)18(12)6-7-19-5/h11H,6-10,15H2,1-5H3. The molecular weight excluding hydrogens is 240 g/mol. The van der Waals surface area contributed by atoms with Crippen molar-refractivity contribution in [3.05, 3.63) is 11.6 Å². The summed E-state index contributed by atoms with van der Waals surface area (Å²) in [6.45, 7) is 10.9. The fourth-order valence-corrected chi connectivity index (χ4v) is 2.54. The van der Waals surface area contributed by atoms with E-state index < -0.39 is 0 Å². The smallest absolute Gasteiger partial charge is 0.146 e. The Bertz CT molecular complexity index is 381. The van der Waals surface area contributed by atoms with E-state index in [4.69, 9.17) is 10.5 Å². The number of aromatic nitrogens is 3. The van der Waals surface area contributed by atoms with Crippen molar-refractivity contribution in [3.63, 3.8) is 0 Å². The number of hydrogen-bond donors (Lipinski definition) is 1. The summed E-state index contributed by atoms with van der Waals surface area (Å²) in [5, 5.41) is 8.46. The molecule has 1 unspecified atom stereocenters. The molecule has 1 aromatic rings. The second-order valence-electron chi connectivity index (χ2n) is 6.46. The van der Waals surface area contributed by atoms with E-state index in [0.29, 0.717) is 24.5 Å². The quantitative estimate of drug-likeness (QED) is 0.821.